The zero-order chi connectivity index (χ0) is 17.8. The van der Waals surface area contributed by atoms with E-state index in [1.165, 1.54) is 0 Å². The zero-order valence-electron chi connectivity index (χ0n) is 14.5. The number of hydrogen-bond donors (Lipinski definition) is 3. The molecule has 1 atom stereocenters. The maximum Gasteiger partial charge on any atom is 0.315 e. The predicted molar refractivity (Wildman–Crippen MR) is 95.3 cm³/mol. The molecular weight excluding hydrogens is 318 g/mol. The minimum Gasteiger partial charge on any atom is -0.338 e. The molecule has 1 aromatic heterocycles. The smallest absolute Gasteiger partial charge is 0.315 e. The Morgan fingerprint density at radius 3 is 3.00 bits per heavy atom. The van der Waals surface area contributed by atoms with Gasteiger partial charge in [0.15, 0.2) is 0 Å². The number of nitrogens with one attached hydrogen (secondary N) is 3. The molecule has 0 spiro atoms. The van der Waals surface area contributed by atoms with Crippen LogP contribution in [0.1, 0.15) is 36.1 Å². The lowest BCUT2D eigenvalue weighted by Crippen LogP contribution is -2.38. The van der Waals surface area contributed by atoms with Crippen LogP contribution < -0.4 is 16.0 Å². The van der Waals surface area contributed by atoms with E-state index in [0.29, 0.717) is 13.0 Å². The summed E-state index contributed by atoms with van der Waals surface area (Å²) in [7, 11) is 1.87. The van der Waals surface area contributed by atoms with Crippen LogP contribution >= 0.6 is 0 Å². The second-order valence-corrected chi connectivity index (χ2v) is 6.36. The fourth-order valence-electron chi connectivity index (χ4n) is 2.93. The van der Waals surface area contributed by atoms with Gasteiger partial charge in [-0.25, -0.2) is 4.79 Å². The predicted octanol–water partition coefficient (Wildman–Crippen LogP) is 1.91. The monoisotopic (exact) mass is 341 g/mol. The van der Waals surface area contributed by atoms with Crippen molar-refractivity contribution in [1.82, 2.24) is 20.4 Å². The van der Waals surface area contributed by atoms with Gasteiger partial charge in [0.2, 0.25) is 5.91 Å². The number of rotatable bonds is 5. The van der Waals surface area contributed by atoms with Crippen LogP contribution in [0.2, 0.25) is 0 Å². The number of hydrogen-bond acceptors (Lipinski definition) is 3. The summed E-state index contributed by atoms with van der Waals surface area (Å²) >= 11 is 0. The number of aryl methyl sites for hydroxylation is 2. The van der Waals surface area contributed by atoms with Crippen molar-refractivity contribution in [3.63, 3.8) is 0 Å². The molecule has 1 aromatic carbocycles. The third kappa shape index (κ3) is 4.37. The highest BCUT2D eigenvalue weighted by atomic mass is 16.2. The van der Waals surface area contributed by atoms with E-state index < -0.39 is 0 Å². The third-order valence-electron chi connectivity index (χ3n) is 4.33. The van der Waals surface area contributed by atoms with Gasteiger partial charge in [-0.15, -0.1) is 0 Å². The van der Waals surface area contributed by atoms with Crippen LogP contribution in [0.25, 0.3) is 0 Å². The molecule has 3 amide bonds. The molecule has 0 bridgehead atoms. The summed E-state index contributed by atoms with van der Waals surface area (Å²) in [4.78, 5) is 23.5. The number of carbonyl (C=O) groups excluding carboxylic acids is 2. The minimum atomic E-state index is -0.192. The number of benzene rings is 1. The Hall–Kier alpha value is -2.83. The number of fused-ring (bicyclic) bond motifs is 1. The fourth-order valence-corrected chi connectivity index (χ4v) is 2.93. The van der Waals surface area contributed by atoms with Gasteiger partial charge in [0.05, 0.1) is 12.2 Å². The molecule has 7 heteroatoms. The van der Waals surface area contributed by atoms with Crippen LogP contribution in [0.15, 0.2) is 30.6 Å². The molecule has 3 rings (SSSR count). The number of anilines is 1. The first-order valence-corrected chi connectivity index (χ1v) is 8.46. The van der Waals surface area contributed by atoms with Gasteiger partial charge in [-0.05, 0) is 42.5 Å². The maximum absolute atomic E-state index is 12.1. The van der Waals surface area contributed by atoms with Crippen LogP contribution in [0.4, 0.5) is 10.5 Å². The molecule has 0 saturated heterocycles. The summed E-state index contributed by atoms with van der Waals surface area (Å²) < 4.78 is 1.75. The number of urea groups is 1. The number of amides is 3. The van der Waals surface area contributed by atoms with Crippen molar-refractivity contribution in [2.75, 3.05) is 11.9 Å². The lowest BCUT2D eigenvalue weighted by molar-refractivity contribution is -0.116. The van der Waals surface area contributed by atoms with E-state index in [9.17, 15) is 9.59 Å². The first-order valence-electron chi connectivity index (χ1n) is 8.46. The number of nitrogens with zero attached hydrogens (tertiary/aromatic N) is 2. The van der Waals surface area contributed by atoms with Crippen LogP contribution in [-0.2, 0) is 24.7 Å². The van der Waals surface area contributed by atoms with Crippen LogP contribution in [-0.4, -0.2) is 28.3 Å². The summed E-state index contributed by atoms with van der Waals surface area (Å²) in [6, 6.07) is 5.59. The highest BCUT2D eigenvalue weighted by Crippen LogP contribution is 2.26. The topological polar surface area (TPSA) is 88.1 Å². The lowest BCUT2D eigenvalue weighted by Gasteiger charge is -2.20. The summed E-state index contributed by atoms with van der Waals surface area (Å²) in [5, 5.41) is 12.8. The van der Waals surface area contributed by atoms with Crippen molar-refractivity contribution in [1.29, 1.82) is 0 Å². The van der Waals surface area contributed by atoms with Crippen LogP contribution in [0.5, 0.6) is 0 Å². The van der Waals surface area contributed by atoms with E-state index >= 15 is 0 Å². The van der Waals surface area contributed by atoms with Crippen molar-refractivity contribution in [3.8, 4) is 0 Å². The largest absolute Gasteiger partial charge is 0.338 e. The molecule has 0 saturated carbocycles. The third-order valence-corrected chi connectivity index (χ3v) is 4.33. The second-order valence-electron chi connectivity index (χ2n) is 6.36. The van der Waals surface area contributed by atoms with E-state index in [4.69, 9.17) is 0 Å². The van der Waals surface area contributed by atoms with Crippen LogP contribution in [0, 0.1) is 0 Å². The van der Waals surface area contributed by atoms with Crippen molar-refractivity contribution < 1.29 is 9.59 Å². The standard InChI is InChI=1S/C18H23N5O2/c1-12(14-3-5-16-15(9-14)4-6-17(24)22-16)21-18(25)19-8-7-13-10-20-23(2)11-13/h3,5,9-12H,4,6-8H2,1-2H3,(H,22,24)(H2,19,21,25). The van der Waals surface area contributed by atoms with E-state index in [-0.39, 0.29) is 18.0 Å². The van der Waals surface area contributed by atoms with E-state index in [1.54, 1.807) is 10.9 Å². The maximum atomic E-state index is 12.1. The van der Waals surface area contributed by atoms with Crippen LogP contribution in [0.3, 0.4) is 0 Å². The van der Waals surface area contributed by atoms with Gasteiger partial charge in [-0.2, -0.15) is 5.10 Å². The average Bonchev–Trinajstić information content (AvgIpc) is 2.99. The Bertz CT molecular complexity index is 784. The molecule has 0 radical (unpaired) electrons. The van der Waals surface area contributed by atoms with Gasteiger partial charge in [-0.3, -0.25) is 9.48 Å². The van der Waals surface area contributed by atoms with Crippen molar-refractivity contribution in [2.24, 2.45) is 7.05 Å². The van der Waals surface area contributed by atoms with Gasteiger partial charge >= 0.3 is 6.03 Å². The Kier molecular flexibility index (Phi) is 5.02. The van der Waals surface area contributed by atoms with Gasteiger partial charge < -0.3 is 16.0 Å². The number of aromatic nitrogens is 2. The Labute approximate surface area is 146 Å². The number of carbonyl (C=O) groups is 2. The molecule has 25 heavy (non-hydrogen) atoms. The van der Waals surface area contributed by atoms with Crippen molar-refractivity contribution in [3.05, 3.63) is 47.3 Å². The van der Waals surface area contributed by atoms with Gasteiger partial charge in [0, 0.05) is 31.9 Å². The Balaban J connectivity index is 1.50. The van der Waals surface area contributed by atoms with Gasteiger partial charge in [0.25, 0.3) is 0 Å². The van der Waals surface area contributed by atoms with E-state index in [2.05, 4.69) is 27.1 Å². The fraction of sp³-hybridized carbons (Fsp3) is 0.389. The zero-order valence-corrected chi connectivity index (χ0v) is 14.5. The molecule has 1 aliphatic rings. The first kappa shape index (κ1) is 17.0. The Morgan fingerprint density at radius 1 is 1.40 bits per heavy atom. The van der Waals surface area contributed by atoms with Crippen molar-refractivity contribution in [2.45, 2.75) is 32.2 Å². The summed E-state index contributed by atoms with van der Waals surface area (Å²) in [6.45, 7) is 2.50. The molecule has 0 fully saturated rings. The average molecular weight is 341 g/mol. The van der Waals surface area contributed by atoms with Crippen molar-refractivity contribution >= 4 is 17.6 Å². The SMILES string of the molecule is CC(NC(=O)NCCc1cnn(C)c1)c1ccc2c(c1)CCC(=O)N2. The summed E-state index contributed by atoms with van der Waals surface area (Å²) in [5.41, 5.74) is 4.10. The normalized spacial score (nSPS) is 14.4. The summed E-state index contributed by atoms with van der Waals surface area (Å²) in [6.07, 6.45) is 5.72. The molecule has 1 unspecified atom stereocenters. The molecule has 7 nitrogen and oxygen atoms in total. The van der Waals surface area contributed by atoms with Gasteiger partial charge in [0.1, 0.15) is 0 Å². The molecule has 2 heterocycles. The quantitative estimate of drug-likeness (QED) is 0.776. The molecular formula is C18H23N5O2. The molecule has 3 N–H and O–H groups in total. The van der Waals surface area contributed by atoms with E-state index in [1.807, 2.05) is 32.3 Å². The highest BCUT2D eigenvalue weighted by molar-refractivity contribution is 5.93. The molecule has 0 aliphatic carbocycles. The second kappa shape index (κ2) is 7.38. The first-order chi connectivity index (χ1) is 12.0. The summed E-state index contributed by atoms with van der Waals surface area (Å²) in [5.74, 6) is 0.0550. The van der Waals surface area contributed by atoms with E-state index in [0.717, 1.165) is 35.2 Å². The lowest BCUT2D eigenvalue weighted by atomic mass is 9.98. The minimum absolute atomic E-state index is 0.0550. The molecule has 132 valence electrons. The van der Waals surface area contributed by atoms with Gasteiger partial charge in [-0.1, -0.05) is 12.1 Å². The molecule has 1 aliphatic heterocycles. The molecule has 2 aromatic rings. The highest BCUT2D eigenvalue weighted by Gasteiger charge is 2.17. The Morgan fingerprint density at radius 2 is 2.24 bits per heavy atom.